The lowest BCUT2D eigenvalue weighted by Gasteiger charge is -2.11. The van der Waals surface area contributed by atoms with Gasteiger partial charge in [0.25, 0.3) is 0 Å². The maximum atomic E-state index is 6.16. The van der Waals surface area contributed by atoms with E-state index in [0.29, 0.717) is 10.0 Å². The van der Waals surface area contributed by atoms with Crippen molar-refractivity contribution in [2.24, 2.45) is 0 Å². The first kappa shape index (κ1) is 12.7. The zero-order valence-corrected chi connectivity index (χ0v) is 12.6. The molecule has 0 N–H and O–H groups in total. The molecule has 0 aliphatic rings. The lowest BCUT2D eigenvalue weighted by molar-refractivity contribution is 1.23. The van der Waals surface area contributed by atoms with Crippen molar-refractivity contribution in [3.05, 3.63) is 55.2 Å². The van der Waals surface area contributed by atoms with E-state index < -0.39 is 0 Å². The van der Waals surface area contributed by atoms with Gasteiger partial charge < -0.3 is 0 Å². The smallest absolute Gasteiger partial charge is 0.0767 e. The van der Waals surface area contributed by atoms with Gasteiger partial charge in [0.1, 0.15) is 0 Å². The molecule has 1 aromatic carbocycles. The summed E-state index contributed by atoms with van der Waals surface area (Å²) in [5.41, 5.74) is 0.929. The fourth-order valence-electron chi connectivity index (χ4n) is 1.34. The van der Waals surface area contributed by atoms with Gasteiger partial charge in [-0.15, -0.1) is 11.3 Å². The fraction of sp³-hybridized carbons (Fsp3) is 0.0909. The first-order valence-corrected chi connectivity index (χ1v) is 7.35. The molecule has 0 bridgehead atoms. The lowest BCUT2D eigenvalue weighted by Crippen LogP contribution is -1.92. The third kappa shape index (κ3) is 2.41. The van der Waals surface area contributed by atoms with Gasteiger partial charge in [-0.1, -0.05) is 62.9 Å². The Labute approximate surface area is 121 Å². The monoisotopic (exact) mass is 354 g/mol. The van der Waals surface area contributed by atoms with Gasteiger partial charge in [-0.25, -0.2) is 0 Å². The van der Waals surface area contributed by atoms with Gasteiger partial charge >= 0.3 is 0 Å². The Balaban J connectivity index is 2.46. The molecule has 0 saturated heterocycles. The van der Waals surface area contributed by atoms with Crippen LogP contribution in [0.3, 0.4) is 0 Å². The third-order valence-corrected chi connectivity index (χ3v) is 5.64. The predicted molar refractivity (Wildman–Crippen MR) is 76.6 cm³/mol. The Hall–Kier alpha value is 0.270. The van der Waals surface area contributed by atoms with Crippen molar-refractivity contribution in [3.8, 4) is 0 Å². The fourth-order valence-corrected chi connectivity index (χ4v) is 4.13. The van der Waals surface area contributed by atoms with Crippen LogP contribution in [0.4, 0.5) is 0 Å². The molecule has 0 nitrogen and oxygen atoms in total. The van der Waals surface area contributed by atoms with Crippen LogP contribution in [-0.4, -0.2) is 0 Å². The van der Waals surface area contributed by atoms with E-state index in [4.69, 9.17) is 34.8 Å². The minimum Gasteiger partial charge on any atom is -0.146 e. The van der Waals surface area contributed by atoms with Crippen molar-refractivity contribution >= 4 is 62.1 Å². The second-order valence-electron chi connectivity index (χ2n) is 3.14. The van der Waals surface area contributed by atoms with E-state index in [-0.39, 0.29) is 4.83 Å². The molecule has 0 fully saturated rings. The maximum absolute atomic E-state index is 6.16. The zero-order chi connectivity index (χ0) is 11.7. The van der Waals surface area contributed by atoms with E-state index in [0.717, 1.165) is 15.5 Å². The molecule has 0 amide bonds. The summed E-state index contributed by atoms with van der Waals surface area (Å²) in [7, 11) is 0. The van der Waals surface area contributed by atoms with Crippen molar-refractivity contribution in [1.29, 1.82) is 0 Å². The quantitative estimate of drug-likeness (QED) is 0.563. The molecule has 16 heavy (non-hydrogen) atoms. The Bertz CT molecular complexity index is 510. The summed E-state index contributed by atoms with van der Waals surface area (Å²) in [6.07, 6.45) is 0. The number of halogens is 4. The predicted octanol–water partition coefficient (Wildman–Crippen LogP) is 6.19. The summed E-state index contributed by atoms with van der Waals surface area (Å²) in [6.45, 7) is 0. The molecule has 2 rings (SSSR count). The van der Waals surface area contributed by atoms with Gasteiger partial charge in [-0.2, -0.15) is 0 Å². The molecule has 0 spiro atoms. The number of benzene rings is 1. The van der Waals surface area contributed by atoms with Crippen molar-refractivity contribution in [2.45, 2.75) is 4.83 Å². The van der Waals surface area contributed by atoms with Crippen LogP contribution in [0.2, 0.25) is 15.1 Å². The van der Waals surface area contributed by atoms with Gasteiger partial charge in [-0.05, 0) is 23.1 Å². The highest BCUT2D eigenvalue weighted by Crippen LogP contribution is 2.42. The number of alkyl halides is 1. The van der Waals surface area contributed by atoms with Crippen LogP contribution in [0.1, 0.15) is 15.3 Å². The summed E-state index contributed by atoms with van der Waals surface area (Å²) in [6, 6.07) is 7.44. The van der Waals surface area contributed by atoms with Crippen molar-refractivity contribution in [2.75, 3.05) is 0 Å². The first-order valence-electron chi connectivity index (χ1n) is 4.42. The Morgan fingerprint density at radius 2 is 1.81 bits per heavy atom. The third-order valence-electron chi connectivity index (χ3n) is 2.13. The normalized spacial score (nSPS) is 12.8. The van der Waals surface area contributed by atoms with Crippen LogP contribution >= 0.6 is 62.1 Å². The molecule has 84 valence electrons. The topological polar surface area (TPSA) is 0 Å². The molecule has 0 aliphatic carbocycles. The Morgan fingerprint density at radius 3 is 2.44 bits per heavy atom. The van der Waals surface area contributed by atoms with Crippen LogP contribution in [0, 0.1) is 0 Å². The summed E-state index contributed by atoms with van der Waals surface area (Å²) in [4.78, 5) is 1.01. The molecule has 0 saturated carbocycles. The van der Waals surface area contributed by atoms with E-state index in [1.165, 1.54) is 0 Å². The Morgan fingerprint density at radius 1 is 1.06 bits per heavy atom. The number of hydrogen-bond acceptors (Lipinski definition) is 1. The molecule has 1 aromatic heterocycles. The second-order valence-corrected chi connectivity index (χ2v) is 6.19. The summed E-state index contributed by atoms with van der Waals surface area (Å²) in [5, 5.41) is 3.81. The molecular weight excluding hydrogens is 350 g/mol. The molecule has 5 heteroatoms. The largest absolute Gasteiger partial charge is 0.146 e. The highest BCUT2D eigenvalue weighted by Gasteiger charge is 2.18. The van der Waals surface area contributed by atoms with Gasteiger partial charge in [0, 0.05) is 4.88 Å². The van der Waals surface area contributed by atoms with E-state index in [9.17, 15) is 0 Å². The van der Waals surface area contributed by atoms with Crippen LogP contribution in [-0.2, 0) is 0 Å². The van der Waals surface area contributed by atoms with Crippen molar-refractivity contribution in [1.82, 2.24) is 0 Å². The molecule has 0 aliphatic heterocycles. The van der Waals surface area contributed by atoms with Gasteiger partial charge in [-0.3, -0.25) is 0 Å². The van der Waals surface area contributed by atoms with Gasteiger partial charge in [0.2, 0.25) is 0 Å². The average Bonchev–Trinajstić information content (AvgIpc) is 2.68. The number of rotatable bonds is 2. The van der Waals surface area contributed by atoms with Gasteiger partial charge in [0.15, 0.2) is 0 Å². The highest BCUT2D eigenvalue weighted by molar-refractivity contribution is 9.09. The van der Waals surface area contributed by atoms with Crippen LogP contribution in [0.15, 0.2) is 29.6 Å². The van der Waals surface area contributed by atoms with E-state index in [1.54, 1.807) is 17.4 Å². The highest BCUT2D eigenvalue weighted by atomic mass is 79.9. The van der Waals surface area contributed by atoms with Crippen molar-refractivity contribution < 1.29 is 0 Å². The van der Waals surface area contributed by atoms with E-state index >= 15 is 0 Å². The minimum absolute atomic E-state index is 0.0220. The second kappa shape index (κ2) is 5.28. The van der Waals surface area contributed by atoms with Gasteiger partial charge in [0.05, 0.1) is 19.9 Å². The minimum atomic E-state index is -0.0220. The molecule has 1 heterocycles. The molecule has 2 aromatic rings. The number of hydrogen-bond donors (Lipinski definition) is 0. The summed E-state index contributed by atoms with van der Waals surface area (Å²) < 4.78 is 0. The standard InChI is InChI=1S/C11H6BrCl3S/c12-9(11-8(14)4-5-16-11)6-2-1-3-7(13)10(6)15/h1-5,9H. The summed E-state index contributed by atoms with van der Waals surface area (Å²) in [5.74, 6) is 0. The van der Waals surface area contributed by atoms with Crippen LogP contribution in [0.5, 0.6) is 0 Å². The Kier molecular flexibility index (Phi) is 4.20. The maximum Gasteiger partial charge on any atom is 0.0767 e. The first-order chi connectivity index (χ1) is 7.61. The number of thiophene rings is 1. The SMILES string of the molecule is Clc1ccsc1C(Br)c1cccc(Cl)c1Cl. The zero-order valence-electron chi connectivity index (χ0n) is 7.88. The molecule has 1 unspecified atom stereocenters. The molecular formula is C11H6BrCl3S. The molecule has 1 atom stereocenters. The van der Waals surface area contributed by atoms with Crippen LogP contribution in [0.25, 0.3) is 0 Å². The van der Waals surface area contributed by atoms with E-state index in [1.807, 2.05) is 23.6 Å². The van der Waals surface area contributed by atoms with Crippen molar-refractivity contribution in [3.63, 3.8) is 0 Å². The summed E-state index contributed by atoms with van der Waals surface area (Å²) >= 11 is 23.4. The van der Waals surface area contributed by atoms with E-state index in [2.05, 4.69) is 15.9 Å². The van der Waals surface area contributed by atoms with Crippen LogP contribution < -0.4 is 0 Å². The lowest BCUT2D eigenvalue weighted by atomic mass is 10.1. The average molecular weight is 356 g/mol. The molecule has 0 radical (unpaired) electrons.